The van der Waals surface area contributed by atoms with Crippen molar-refractivity contribution in [1.29, 1.82) is 0 Å². The summed E-state index contributed by atoms with van der Waals surface area (Å²) in [7, 11) is 0. The third-order valence-corrected chi connectivity index (χ3v) is 4.80. The van der Waals surface area contributed by atoms with Crippen LogP contribution in [0.3, 0.4) is 0 Å². The molecule has 0 unspecified atom stereocenters. The highest BCUT2D eigenvalue weighted by molar-refractivity contribution is 7.10. The highest BCUT2D eigenvalue weighted by atomic mass is 32.1. The minimum atomic E-state index is -0.202. The van der Waals surface area contributed by atoms with E-state index in [4.69, 9.17) is 0 Å². The van der Waals surface area contributed by atoms with E-state index in [0.29, 0.717) is 12.1 Å². The van der Waals surface area contributed by atoms with Crippen molar-refractivity contribution in [3.8, 4) is 0 Å². The summed E-state index contributed by atoms with van der Waals surface area (Å²) in [4.78, 5) is 28.0. The molecule has 0 radical (unpaired) electrons. The summed E-state index contributed by atoms with van der Waals surface area (Å²) < 4.78 is 0. The van der Waals surface area contributed by atoms with Gasteiger partial charge in [-0.15, -0.1) is 11.3 Å². The van der Waals surface area contributed by atoms with Crippen LogP contribution < -0.4 is 10.9 Å². The molecule has 2 aromatic heterocycles. The molecule has 0 aliphatic carbocycles. The number of thiophene rings is 1. The lowest BCUT2D eigenvalue weighted by molar-refractivity contribution is -0.111. The Morgan fingerprint density at radius 2 is 2.17 bits per heavy atom. The molecule has 2 heterocycles. The SMILES string of the molecule is CCc1c(C)c2ccc(NC(=O)/C=C\c3cccs3)cc2[nH]c1=O. The molecule has 5 heteroatoms. The van der Waals surface area contributed by atoms with Gasteiger partial charge >= 0.3 is 0 Å². The van der Waals surface area contributed by atoms with Crippen LogP contribution in [0.2, 0.25) is 0 Å². The highest BCUT2D eigenvalue weighted by Gasteiger charge is 2.08. The van der Waals surface area contributed by atoms with Crippen LogP contribution in [-0.2, 0) is 11.2 Å². The predicted molar refractivity (Wildman–Crippen MR) is 101 cm³/mol. The molecule has 3 aromatic rings. The predicted octanol–water partition coefficient (Wildman–Crippen LogP) is 4.11. The topological polar surface area (TPSA) is 62.0 Å². The largest absolute Gasteiger partial charge is 0.322 e. The number of benzene rings is 1. The monoisotopic (exact) mass is 338 g/mol. The maximum absolute atomic E-state index is 12.1. The number of hydrogen-bond donors (Lipinski definition) is 2. The third kappa shape index (κ3) is 3.31. The lowest BCUT2D eigenvalue weighted by Gasteiger charge is -2.09. The fourth-order valence-electron chi connectivity index (χ4n) is 2.74. The van der Waals surface area contributed by atoms with Crippen LogP contribution in [0.4, 0.5) is 5.69 Å². The first kappa shape index (κ1) is 16.2. The van der Waals surface area contributed by atoms with E-state index in [1.807, 2.05) is 43.5 Å². The van der Waals surface area contributed by atoms with Gasteiger partial charge in [0.05, 0.1) is 5.52 Å². The number of carbonyl (C=O) groups excluding carboxylic acids is 1. The Morgan fingerprint density at radius 3 is 2.88 bits per heavy atom. The van der Waals surface area contributed by atoms with Gasteiger partial charge in [-0.2, -0.15) is 0 Å². The second-order valence-electron chi connectivity index (χ2n) is 5.51. The lowest BCUT2D eigenvalue weighted by atomic mass is 10.0. The zero-order valence-corrected chi connectivity index (χ0v) is 14.4. The molecule has 3 rings (SSSR count). The fourth-order valence-corrected chi connectivity index (χ4v) is 3.35. The van der Waals surface area contributed by atoms with E-state index in [9.17, 15) is 9.59 Å². The normalized spacial score (nSPS) is 11.2. The number of aromatic amines is 1. The van der Waals surface area contributed by atoms with Gasteiger partial charge in [-0.3, -0.25) is 9.59 Å². The summed E-state index contributed by atoms with van der Waals surface area (Å²) in [5.41, 5.74) is 3.12. The molecule has 122 valence electrons. The van der Waals surface area contributed by atoms with Gasteiger partial charge in [0, 0.05) is 27.6 Å². The first-order valence-electron chi connectivity index (χ1n) is 7.76. The minimum Gasteiger partial charge on any atom is -0.322 e. The summed E-state index contributed by atoms with van der Waals surface area (Å²) in [6.07, 6.45) is 3.98. The first-order chi connectivity index (χ1) is 11.6. The number of nitrogens with one attached hydrogen (secondary N) is 2. The van der Waals surface area contributed by atoms with Gasteiger partial charge in [0.15, 0.2) is 0 Å². The number of aryl methyl sites for hydroxylation is 1. The first-order valence-corrected chi connectivity index (χ1v) is 8.64. The van der Waals surface area contributed by atoms with Gasteiger partial charge in [0.2, 0.25) is 5.91 Å². The van der Waals surface area contributed by atoms with Crippen molar-refractivity contribution >= 4 is 39.9 Å². The average Bonchev–Trinajstić information content (AvgIpc) is 3.06. The Labute approximate surface area is 143 Å². The van der Waals surface area contributed by atoms with E-state index in [2.05, 4.69) is 10.3 Å². The van der Waals surface area contributed by atoms with Gasteiger partial charge in [-0.1, -0.05) is 19.1 Å². The molecule has 0 aliphatic rings. The number of amides is 1. The van der Waals surface area contributed by atoms with E-state index >= 15 is 0 Å². The number of rotatable bonds is 4. The number of anilines is 1. The standard InChI is InChI=1S/C19H18N2O2S/c1-3-15-12(2)16-8-6-13(11-17(16)21-19(15)23)20-18(22)9-7-14-5-4-10-24-14/h4-11H,3H2,1-2H3,(H,20,22)(H,21,23)/b9-7-. The van der Waals surface area contributed by atoms with E-state index in [0.717, 1.165) is 26.9 Å². The Kier molecular flexibility index (Phi) is 4.62. The molecule has 1 amide bonds. The number of carbonyl (C=O) groups is 1. The maximum Gasteiger partial charge on any atom is 0.251 e. The number of hydrogen-bond acceptors (Lipinski definition) is 3. The number of pyridine rings is 1. The lowest BCUT2D eigenvalue weighted by Crippen LogP contribution is -2.14. The van der Waals surface area contributed by atoms with Crippen molar-refractivity contribution < 1.29 is 4.79 Å². The summed E-state index contributed by atoms with van der Waals surface area (Å²) >= 11 is 1.57. The quantitative estimate of drug-likeness (QED) is 0.703. The minimum absolute atomic E-state index is 0.0661. The van der Waals surface area contributed by atoms with Crippen molar-refractivity contribution in [2.75, 3.05) is 5.32 Å². The van der Waals surface area contributed by atoms with Crippen LogP contribution in [0.5, 0.6) is 0 Å². The molecule has 0 spiro atoms. The summed E-state index contributed by atoms with van der Waals surface area (Å²) in [5.74, 6) is -0.202. The van der Waals surface area contributed by atoms with E-state index in [1.165, 1.54) is 6.08 Å². The Balaban J connectivity index is 1.86. The summed E-state index contributed by atoms with van der Waals surface area (Å²) in [6.45, 7) is 3.93. The molecule has 0 saturated heterocycles. The molecule has 0 fully saturated rings. The molecule has 0 atom stereocenters. The molecule has 0 aliphatic heterocycles. The zero-order valence-electron chi connectivity index (χ0n) is 13.6. The summed E-state index contributed by atoms with van der Waals surface area (Å²) in [6, 6.07) is 9.46. The zero-order chi connectivity index (χ0) is 17.1. The number of H-pyrrole nitrogens is 1. The third-order valence-electron chi connectivity index (χ3n) is 3.96. The Bertz CT molecular complexity index is 969. The van der Waals surface area contributed by atoms with Crippen molar-refractivity contribution in [1.82, 2.24) is 4.98 Å². The van der Waals surface area contributed by atoms with Crippen molar-refractivity contribution in [3.63, 3.8) is 0 Å². The van der Waals surface area contributed by atoms with E-state index < -0.39 is 0 Å². The summed E-state index contributed by atoms with van der Waals surface area (Å²) in [5, 5.41) is 5.78. The van der Waals surface area contributed by atoms with Gasteiger partial charge in [0.25, 0.3) is 5.56 Å². The van der Waals surface area contributed by atoms with Crippen molar-refractivity contribution in [3.05, 3.63) is 68.1 Å². The number of aromatic nitrogens is 1. The molecule has 0 saturated carbocycles. The van der Waals surface area contributed by atoms with E-state index in [1.54, 1.807) is 23.5 Å². The molecular formula is C19H18N2O2S. The molecule has 2 N–H and O–H groups in total. The van der Waals surface area contributed by atoms with Crippen molar-refractivity contribution in [2.24, 2.45) is 0 Å². The van der Waals surface area contributed by atoms with E-state index in [-0.39, 0.29) is 11.5 Å². The van der Waals surface area contributed by atoms with Crippen LogP contribution in [0.1, 0.15) is 22.9 Å². The van der Waals surface area contributed by atoms with Crippen LogP contribution in [-0.4, -0.2) is 10.9 Å². The van der Waals surface area contributed by atoms with Gasteiger partial charge in [-0.25, -0.2) is 0 Å². The molecular weight excluding hydrogens is 320 g/mol. The Morgan fingerprint density at radius 1 is 1.33 bits per heavy atom. The molecule has 1 aromatic carbocycles. The molecule has 24 heavy (non-hydrogen) atoms. The van der Waals surface area contributed by atoms with Gasteiger partial charge in [0.1, 0.15) is 0 Å². The van der Waals surface area contributed by atoms with Gasteiger partial charge < -0.3 is 10.3 Å². The van der Waals surface area contributed by atoms with Crippen molar-refractivity contribution in [2.45, 2.75) is 20.3 Å². The van der Waals surface area contributed by atoms with Crippen LogP contribution in [0, 0.1) is 6.92 Å². The second kappa shape index (κ2) is 6.84. The second-order valence-corrected chi connectivity index (χ2v) is 6.49. The average molecular weight is 338 g/mol. The highest BCUT2D eigenvalue weighted by Crippen LogP contribution is 2.21. The molecule has 4 nitrogen and oxygen atoms in total. The van der Waals surface area contributed by atoms with Crippen LogP contribution in [0.25, 0.3) is 17.0 Å². The maximum atomic E-state index is 12.1. The smallest absolute Gasteiger partial charge is 0.251 e. The van der Waals surface area contributed by atoms with Crippen LogP contribution in [0.15, 0.2) is 46.6 Å². The molecule has 0 bridgehead atoms. The number of fused-ring (bicyclic) bond motifs is 1. The van der Waals surface area contributed by atoms with Gasteiger partial charge in [-0.05, 0) is 48.6 Å². The van der Waals surface area contributed by atoms with Crippen LogP contribution >= 0.6 is 11.3 Å². The fraction of sp³-hybridized carbons (Fsp3) is 0.158. The Hall–Kier alpha value is -2.66.